The lowest BCUT2D eigenvalue weighted by Gasteiger charge is -2.19. The summed E-state index contributed by atoms with van der Waals surface area (Å²) in [6.07, 6.45) is 0.459. The largest absolute Gasteiger partial charge is 0.504 e. The fourth-order valence-corrected chi connectivity index (χ4v) is 3.62. The molecule has 0 unspecified atom stereocenters. The molecule has 150 valence electrons. The van der Waals surface area contributed by atoms with Crippen LogP contribution >= 0.6 is 0 Å². The molecular weight excluding hydrogens is 364 g/mol. The molecule has 3 aromatic carbocycles. The second-order valence-corrected chi connectivity index (χ2v) is 7.62. The van der Waals surface area contributed by atoms with Crippen molar-refractivity contribution >= 4 is 22.3 Å². The van der Waals surface area contributed by atoms with Gasteiger partial charge < -0.3 is 14.9 Å². The maximum atomic E-state index is 12.0. The van der Waals surface area contributed by atoms with E-state index in [1.165, 1.54) is 0 Å². The molecule has 0 aromatic heterocycles. The van der Waals surface area contributed by atoms with Crippen molar-refractivity contribution in [1.82, 2.24) is 0 Å². The average Bonchev–Trinajstić information content (AvgIpc) is 2.65. The van der Waals surface area contributed by atoms with Crippen molar-refractivity contribution in [3.8, 4) is 11.5 Å². The fraction of sp³-hybridized carbons (Fsp3) is 0.240. The van der Waals surface area contributed by atoms with Gasteiger partial charge in [0.05, 0.1) is 11.7 Å². The minimum atomic E-state index is -0.999. The Morgan fingerprint density at radius 2 is 1.72 bits per heavy atom. The summed E-state index contributed by atoms with van der Waals surface area (Å²) in [5.74, 6) is -0.661. The zero-order valence-corrected chi connectivity index (χ0v) is 17.2. The minimum Gasteiger partial charge on any atom is -0.504 e. The molecule has 0 saturated heterocycles. The predicted molar refractivity (Wildman–Crippen MR) is 117 cm³/mol. The highest BCUT2D eigenvalue weighted by Crippen LogP contribution is 2.42. The quantitative estimate of drug-likeness (QED) is 0.522. The van der Waals surface area contributed by atoms with Crippen molar-refractivity contribution in [3.05, 3.63) is 76.9 Å². The SMILES string of the molecule is CC(C)=C(C(=O)O)c1cc(OC(C)C)c(O)c2c(Cc3ccccc3)cccc12. The topological polar surface area (TPSA) is 66.8 Å². The third kappa shape index (κ3) is 4.27. The molecule has 0 amide bonds. The first kappa shape index (κ1) is 20.5. The van der Waals surface area contributed by atoms with Crippen LogP contribution in [0, 0.1) is 0 Å². The van der Waals surface area contributed by atoms with Crippen molar-refractivity contribution in [2.75, 3.05) is 0 Å². The number of fused-ring (bicyclic) bond motifs is 1. The number of phenols is 1. The lowest BCUT2D eigenvalue weighted by molar-refractivity contribution is -0.130. The summed E-state index contributed by atoms with van der Waals surface area (Å²) in [7, 11) is 0. The molecule has 0 aliphatic heterocycles. The summed E-state index contributed by atoms with van der Waals surface area (Å²) in [6.45, 7) is 7.30. The third-order valence-electron chi connectivity index (χ3n) is 4.77. The Labute approximate surface area is 171 Å². The van der Waals surface area contributed by atoms with Gasteiger partial charge in [0.2, 0.25) is 0 Å². The zero-order valence-electron chi connectivity index (χ0n) is 17.2. The maximum absolute atomic E-state index is 12.0. The molecule has 0 atom stereocenters. The lowest BCUT2D eigenvalue weighted by atomic mass is 9.90. The summed E-state index contributed by atoms with van der Waals surface area (Å²) in [5, 5.41) is 22.2. The van der Waals surface area contributed by atoms with E-state index in [0.717, 1.165) is 11.1 Å². The highest BCUT2D eigenvalue weighted by molar-refractivity contribution is 6.21. The highest BCUT2D eigenvalue weighted by atomic mass is 16.5. The van der Waals surface area contributed by atoms with Gasteiger partial charge in [-0.15, -0.1) is 0 Å². The van der Waals surface area contributed by atoms with Gasteiger partial charge in [-0.25, -0.2) is 4.79 Å². The van der Waals surface area contributed by atoms with Crippen LogP contribution in [0.2, 0.25) is 0 Å². The standard InChI is InChI=1S/C25H26O4/c1-15(2)22(25(27)28)20-14-21(29-16(3)4)24(26)23-18(11-8-12-19(20)23)13-17-9-6-5-7-10-17/h5-12,14,16,26H,13H2,1-4H3,(H,27,28). The lowest BCUT2D eigenvalue weighted by Crippen LogP contribution is -2.08. The Kier molecular flexibility index (Phi) is 5.92. The number of phenolic OH excluding ortho intramolecular Hbond substituents is 1. The van der Waals surface area contributed by atoms with E-state index in [2.05, 4.69) is 0 Å². The first-order valence-corrected chi connectivity index (χ1v) is 9.69. The number of hydrogen-bond acceptors (Lipinski definition) is 3. The molecule has 0 saturated carbocycles. The Balaban J connectivity index is 2.34. The molecule has 0 aliphatic carbocycles. The van der Waals surface area contributed by atoms with Crippen LogP contribution in [0.3, 0.4) is 0 Å². The molecular formula is C25H26O4. The molecule has 0 heterocycles. The summed E-state index contributed by atoms with van der Waals surface area (Å²) >= 11 is 0. The van der Waals surface area contributed by atoms with E-state index in [4.69, 9.17) is 4.74 Å². The predicted octanol–water partition coefficient (Wildman–Crippen LogP) is 5.80. The van der Waals surface area contributed by atoms with Crippen LogP contribution in [0.15, 0.2) is 60.2 Å². The summed E-state index contributed by atoms with van der Waals surface area (Å²) < 4.78 is 5.84. The normalized spacial score (nSPS) is 10.9. The van der Waals surface area contributed by atoms with Gasteiger partial charge in [0.25, 0.3) is 0 Å². The number of rotatable bonds is 6. The van der Waals surface area contributed by atoms with Crippen LogP contribution in [0.4, 0.5) is 0 Å². The number of hydrogen-bond donors (Lipinski definition) is 2. The number of ether oxygens (including phenoxy) is 1. The van der Waals surface area contributed by atoms with Crippen molar-refractivity contribution in [3.63, 3.8) is 0 Å². The maximum Gasteiger partial charge on any atom is 0.336 e. The van der Waals surface area contributed by atoms with Crippen LogP contribution in [0.25, 0.3) is 16.3 Å². The highest BCUT2D eigenvalue weighted by Gasteiger charge is 2.22. The molecule has 3 aromatic rings. The molecule has 0 fully saturated rings. The van der Waals surface area contributed by atoms with Crippen molar-refractivity contribution in [2.45, 2.75) is 40.2 Å². The van der Waals surface area contributed by atoms with E-state index >= 15 is 0 Å². The van der Waals surface area contributed by atoms with Crippen LogP contribution in [0.5, 0.6) is 11.5 Å². The average molecular weight is 390 g/mol. The molecule has 0 spiro atoms. The Bertz CT molecular complexity index is 1070. The number of benzene rings is 3. The van der Waals surface area contributed by atoms with Gasteiger partial charge >= 0.3 is 5.97 Å². The van der Waals surface area contributed by atoms with Crippen molar-refractivity contribution < 1.29 is 19.7 Å². The number of aromatic hydroxyl groups is 1. The number of aliphatic carboxylic acids is 1. The van der Waals surface area contributed by atoms with Gasteiger partial charge in [-0.1, -0.05) is 54.1 Å². The molecule has 4 nitrogen and oxygen atoms in total. The van der Waals surface area contributed by atoms with Gasteiger partial charge in [-0.2, -0.15) is 0 Å². The summed E-state index contributed by atoms with van der Waals surface area (Å²) in [6, 6.07) is 17.3. The van der Waals surface area contributed by atoms with E-state index in [1.807, 2.05) is 62.4 Å². The molecule has 0 bridgehead atoms. The van der Waals surface area contributed by atoms with Crippen LogP contribution in [-0.4, -0.2) is 22.3 Å². The first-order chi connectivity index (χ1) is 13.8. The second-order valence-electron chi connectivity index (χ2n) is 7.62. The van der Waals surface area contributed by atoms with Crippen LogP contribution in [-0.2, 0) is 11.2 Å². The van der Waals surface area contributed by atoms with Gasteiger partial charge in [-0.05, 0) is 56.7 Å². The van der Waals surface area contributed by atoms with Gasteiger partial charge in [0.15, 0.2) is 11.5 Å². The second kappa shape index (κ2) is 8.39. The van der Waals surface area contributed by atoms with Crippen LogP contribution < -0.4 is 4.74 Å². The van der Waals surface area contributed by atoms with Crippen molar-refractivity contribution in [2.24, 2.45) is 0 Å². The first-order valence-electron chi connectivity index (χ1n) is 9.69. The van der Waals surface area contributed by atoms with E-state index in [-0.39, 0.29) is 17.4 Å². The Morgan fingerprint density at radius 3 is 2.31 bits per heavy atom. The van der Waals surface area contributed by atoms with E-state index in [1.54, 1.807) is 19.9 Å². The van der Waals surface area contributed by atoms with Crippen molar-refractivity contribution in [1.29, 1.82) is 0 Å². The van der Waals surface area contributed by atoms with Crippen LogP contribution in [0.1, 0.15) is 44.4 Å². The van der Waals surface area contributed by atoms with E-state index in [0.29, 0.717) is 34.1 Å². The van der Waals surface area contributed by atoms with E-state index in [9.17, 15) is 15.0 Å². The summed E-state index contributed by atoms with van der Waals surface area (Å²) in [4.78, 5) is 12.0. The number of allylic oxidation sites excluding steroid dienone is 1. The number of carboxylic acids is 1. The Morgan fingerprint density at radius 1 is 1.03 bits per heavy atom. The third-order valence-corrected chi connectivity index (χ3v) is 4.77. The smallest absolute Gasteiger partial charge is 0.336 e. The molecule has 2 N–H and O–H groups in total. The molecule has 3 rings (SSSR count). The van der Waals surface area contributed by atoms with Gasteiger partial charge in [0.1, 0.15) is 0 Å². The molecule has 0 radical (unpaired) electrons. The minimum absolute atomic E-state index is 0.0440. The van der Waals surface area contributed by atoms with E-state index < -0.39 is 5.97 Å². The molecule has 0 aliphatic rings. The molecule has 4 heteroatoms. The summed E-state index contributed by atoms with van der Waals surface area (Å²) in [5.41, 5.74) is 3.49. The van der Waals surface area contributed by atoms with Gasteiger partial charge in [0, 0.05) is 10.9 Å². The zero-order chi connectivity index (χ0) is 21.1. The van der Waals surface area contributed by atoms with Gasteiger partial charge in [-0.3, -0.25) is 0 Å². The number of carboxylic acid groups (broad SMARTS) is 1. The molecule has 29 heavy (non-hydrogen) atoms. The monoisotopic (exact) mass is 390 g/mol. The Hall–Kier alpha value is -3.27. The number of carbonyl (C=O) groups is 1. The fourth-order valence-electron chi connectivity index (χ4n) is 3.62.